The molecule has 0 spiro atoms. The van der Waals surface area contributed by atoms with Crippen LogP contribution in [0.5, 0.6) is 0 Å². The lowest BCUT2D eigenvalue weighted by Crippen LogP contribution is -2.40. The summed E-state index contributed by atoms with van der Waals surface area (Å²) in [5.41, 5.74) is 4.13. The standard InChI is InChI=1S/C11H17FN2O3S/c1-11(2,15)7-14(3)18(16,17)10-8(12)5-4-6-9(10)13/h4-6,15H,7,13H2,1-3H3. The van der Waals surface area contributed by atoms with Crippen LogP contribution in [-0.4, -0.2) is 37.0 Å². The molecule has 1 rings (SSSR count). The van der Waals surface area contributed by atoms with Crippen molar-refractivity contribution in [2.45, 2.75) is 24.3 Å². The van der Waals surface area contributed by atoms with Gasteiger partial charge in [0.05, 0.1) is 11.3 Å². The Kier molecular flexibility index (Phi) is 3.99. The summed E-state index contributed by atoms with van der Waals surface area (Å²) in [4.78, 5) is -0.559. The van der Waals surface area contributed by atoms with Crippen molar-refractivity contribution >= 4 is 15.7 Å². The molecule has 5 nitrogen and oxygen atoms in total. The number of rotatable bonds is 4. The number of halogens is 1. The molecule has 0 saturated carbocycles. The first-order valence-electron chi connectivity index (χ1n) is 5.28. The number of nitrogens with zero attached hydrogens (tertiary/aromatic N) is 1. The minimum absolute atomic E-state index is 0.155. The molecule has 0 aliphatic heterocycles. The molecule has 0 aliphatic carbocycles. The number of likely N-dealkylation sites (N-methyl/N-ethyl adjacent to an activating group) is 1. The van der Waals surface area contributed by atoms with E-state index in [9.17, 15) is 17.9 Å². The average molecular weight is 276 g/mol. The third kappa shape index (κ3) is 3.18. The van der Waals surface area contributed by atoms with Crippen LogP contribution in [0, 0.1) is 5.82 Å². The van der Waals surface area contributed by atoms with Gasteiger partial charge in [-0.3, -0.25) is 0 Å². The molecule has 0 amide bonds. The fourth-order valence-corrected chi connectivity index (χ4v) is 3.06. The number of hydrogen-bond acceptors (Lipinski definition) is 4. The molecule has 0 heterocycles. The summed E-state index contributed by atoms with van der Waals surface area (Å²) in [5.74, 6) is -0.905. The van der Waals surface area contributed by atoms with Gasteiger partial charge < -0.3 is 10.8 Å². The van der Waals surface area contributed by atoms with E-state index in [-0.39, 0.29) is 12.2 Å². The Balaban J connectivity index is 3.22. The van der Waals surface area contributed by atoms with E-state index in [0.29, 0.717) is 0 Å². The largest absolute Gasteiger partial charge is 0.398 e. The van der Waals surface area contributed by atoms with Gasteiger partial charge in [0.1, 0.15) is 10.7 Å². The SMILES string of the molecule is CN(CC(C)(C)O)S(=O)(=O)c1c(N)cccc1F. The van der Waals surface area contributed by atoms with Crippen molar-refractivity contribution in [3.63, 3.8) is 0 Å². The fourth-order valence-electron chi connectivity index (χ4n) is 1.58. The van der Waals surface area contributed by atoms with Gasteiger partial charge in [-0.1, -0.05) is 6.07 Å². The molecule has 0 radical (unpaired) electrons. The maximum atomic E-state index is 13.6. The van der Waals surface area contributed by atoms with Gasteiger partial charge in [-0.05, 0) is 26.0 Å². The quantitative estimate of drug-likeness (QED) is 0.797. The Labute approximate surface area is 106 Å². The van der Waals surface area contributed by atoms with Gasteiger partial charge in [0.25, 0.3) is 0 Å². The molecule has 102 valence electrons. The van der Waals surface area contributed by atoms with E-state index >= 15 is 0 Å². The highest BCUT2D eigenvalue weighted by molar-refractivity contribution is 7.89. The van der Waals surface area contributed by atoms with Crippen molar-refractivity contribution in [3.8, 4) is 0 Å². The van der Waals surface area contributed by atoms with E-state index < -0.39 is 26.3 Å². The normalized spacial score (nSPS) is 13.0. The molecule has 0 aliphatic rings. The minimum atomic E-state index is -4.06. The zero-order valence-corrected chi connectivity index (χ0v) is 11.3. The molecule has 0 saturated heterocycles. The van der Waals surface area contributed by atoms with E-state index in [1.165, 1.54) is 33.0 Å². The molecule has 18 heavy (non-hydrogen) atoms. The number of sulfonamides is 1. The number of hydrogen-bond donors (Lipinski definition) is 2. The average Bonchev–Trinajstić information content (AvgIpc) is 2.13. The van der Waals surface area contributed by atoms with Crippen LogP contribution in [0.15, 0.2) is 23.1 Å². The number of nitrogen functional groups attached to an aromatic ring is 1. The molecule has 1 aromatic carbocycles. The molecule has 3 N–H and O–H groups in total. The van der Waals surface area contributed by atoms with Gasteiger partial charge in [-0.25, -0.2) is 12.8 Å². The van der Waals surface area contributed by atoms with Crippen LogP contribution in [0.4, 0.5) is 10.1 Å². The third-order valence-electron chi connectivity index (χ3n) is 2.28. The maximum Gasteiger partial charge on any atom is 0.247 e. The van der Waals surface area contributed by atoms with Crippen LogP contribution in [-0.2, 0) is 10.0 Å². The molecule has 7 heteroatoms. The molecular weight excluding hydrogens is 259 g/mol. The summed E-state index contributed by atoms with van der Waals surface area (Å²) < 4.78 is 38.8. The van der Waals surface area contributed by atoms with Crippen molar-refractivity contribution in [2.75, 3.05) is 19.3 Å². The zero-order valence-electron chi connectivity index (χ0n) is 10.5. The first-order valence-corrected chi connectivity index (χ1v) is 6.72. The zero-order chi connectivity index (χ0) is 14.1. The number of anilines is 1. The van der Waals surface area contributed by atoms with Crippen molar-refractivity contribution in [3.05, 3.63) is 24.0 Å². The second-order valence-electron chi connectivity index (χ2n) is 4.73. The second-order valence-corrected chi connectivity index (χ2v) is 6.71. The van der Waals surface area contributed by atoms with Gasteiger partial charge in [-0.2, -0.15) is 4.31 Å². The Morgan fingerprint density at radius 2 is 2.00 bits per heavy atom. The summed E-state index contributed by atoms with van der Waals surface area (Å²) in [5, 5.41) is 9.61. The maximum absolute atomic E-state index is 13.6. The minimum Gasteiger partial charge on any atom is -0.398 e. The highest BCUT2D eigenvalue weighted by Gasteiger charge is 2.30. The lowest BCUT2D eigenvalue weighted by molar-refractivity contribution is 0.0639. The smallest absolute Gasteiger partial charge is 0.247 e. The predicted molar refractivity (Wildman–Crippen MR) is 66.9 cm³/mol. The van der Waals surface area contributed by atoms with Crippen molar-refractivity contribution in [1.29, 1.82) is 0 Å². The van der Waals surface area contributed by atoms with Gasteiger partial charge in [0.15, 0.2) is 0 Å². The van der Waals surface area contributed by atoms with Crippen molar-refractivity contribution in [2.24, 2.45) is 0 Å². The molecular formula is C11H17FN2O3S. The Morgan fingerprint density at radius 1 is 1.44 bits per heavy atom. The molecule has 1 aromatic rings. The highest BCUT2D eigenvalue weighted by Crippen LogP contribution is 2.25. The molecule has 0 atom stereocenters. The van der Waals surface area contributed by atoms with E-state index in [1.807, 2.05) is 0 Å². The monoisotopic (exact) mass is 276 g/mol. The van der Waals surface area contributed by atoms with Crippen LogP contribution < -0.4 is 5.73 Å². The Morgan fingerprint density at radius 3 is 2.44 bits per heavy atom. The summed E-state index contributed by atoms with van der Waals surface area (Å²) >= 11 is 0. The molecule has 0 bridgehead atoms. The third-order valence-corrected chi connectivity index (χ3v) is 4.17. The summed E-state index contributed by atoms with van der Waals surface area (Å²) in [7, 11) is -2.80. The van der Waals surface area contributed by atoms with E-state index in [4.69, 9.17) is 5.73 Å². The van der Waals surface area contributed by atoms with Gasteiger partial charge in [0.2, 0.25) is 10.0 Å². The number of aliphatic hydroxyl groups is 1. The van der Waals surface area contributed by atoms with E-state index in [0.717, 1.165) is 10.4 Å². The van der Waals surface area contributed by atoms with Crippen LogP contribution >= 0.6 is 0 Å². The lowest BCUT2D eigenvalue weighted by Gasteiger charge is -2.25. The van der Waals surface area contributed by atoms with Crippen LogP contribution in [0.2, 0.25) is 0 Å². The Bertz CT molecular complexity index is 517. The number of benzene rings is 1. The van der Waals surface area contributed by atoms with Crippen LogP contribution in [0.3, 0.4) is 0 Å². The first-order chi connectivity index (χ1) is 8.05. The topological polar surface area (TPSA) is 83.6 Å². The first kappa shape index (κ1) is 14.9. The van der Waals surface area contributed by atoms with Crippen LogP contribution in [0.25, 0.3) is 0 Å². The van der Waals surface area contributed by atoms with Crippen molar-refractivity contribution < 1.29 is 17.9 Å². The Hall–Kier alpha value is -1.18. The highest BCUT2D eigenvalue weighted by atomic mass is 32.2. The lowest BCUT2D eigenvalue weighted by atomic mass is 10.1. The predicted octanol–water partition coefficient (Wildman–Crippen LogP) is 0.799. The van der Waals surface area contributed by atoms with Gasteiger partial charge >= 0.3 is 0 Å². The van der Waals surface area contributed by atoms with Crippen LogP contribution in [0.1, 0.15) is 13.8 Å². The molecule has 0 fully saturated rings. The summed E-state index contributed by atoms with van der Waals surface area (Å²) in [6.07, 6.45) is 0. The molecule has 0 aromatic heterocycles. The number of nitrogens with two attached hydrogens (primary N) is 1. The van der Waals surface area contributed by atoms with Crippen molar-refractivity contribution in [1.82, 2.24) is 4.31 Å². The van der Waals surface area contributed by atoms with E-state index in [2.05, 4.69) is 0 Å². The van der Waals surface area contributed by atoms with Gasteiger partial charge in [-0.15, -0.1) is 0 Å². The van der Waals surface area contributed by atoms with Gasteiger partial charge in [0, 0.05) is 13.6 Å². The fraction of sp³-hybridized carbons (Fsp3) is 0.455. The van der Waals surface area contributed by atoms with E-state index in [1.54, 1.807) is 0 Å². The second kappa shape index (κ2) is 4.83. The molecule has 0 unspecified atom stereocenters. The summed E-state index contributed by atoms with van der Waals surface area (Å²) in [6, 6.07) is 3.68. The summed E-state index contributed by atoms with van der Waals surface area (Å²) in [6.45, 7) is 2.76.